The minimum absolute atomic E-state index is 0.0482. The number of aliphatic carboxylic acids is 1. The van der Waals surface area contributed by atoms with Crippen molar-refractivity contribution in [2.45, 2.75) is 25.0 Å². The molecule has 0 saturated heterocycles. The summed E-state index contributed by atoms with van der Waals surface area (Å²) in [7, 11) is 0. The molecule has 1 aromatic carbocycles. The number of halogens is 4. The van der Waals surface area contributed by atoms with E-state index in [9.17, 15) is 23.1 Å². The van der Waals surface area contributed by atoms with Gasteiger partial charge in [-0.2, -0.15) is 13.2 Å². The van der Waals surface area contributed by atoms with Crippen LogP contribution in [-0.4, -0.2) is 27.9 Å². The molecular weight excluding hydrogens is 353 g/mol. The van der Waals surface area contributed by atoms with Crippen LogP contribution in [0.2, 0.25) is 5.02 Å². The van der Waals surface area contributed by atoms with Gasteiger partial charge in [0, 0.05) is 16.3 Å². The molecule has 2 rings (SSSR count). The fraction of sp³-hybridized carbons (Fsp3) is 0.400. The fourth-order valence-electron chi connectivity index (χ4n) is 2.07. The molecule has 0 amide bonds. The molecule has 126 valence electrons. The lowest BCUT2D eigenvalue weighted by molar-refractivity contribution is -0.200. The van der Waals surface area contributed by atoms with Gasteiger partial charge >= 0.3 is 12.1 Å². The Morgan fingerprint density at radius 3 is 2.61 bits per heavy atom. The van der Waals surface area contributed by atoms with Crippen molar-refractivity contribution in [3.63, 3.8) is 0 Å². The predicted molar refractivity (Wildman–Crippen MR) is 83.8 cm³/mol. The summed E-state index contributed by atoms with van der Waals surface area (Å²) in [6.45, 7) is 3.50. The van der Waals surface area contributed by atoms with Crippen molar-refractivity contribution in [1.82, 2.24) is 0 Å². The standard InChI is InChI=1S/C15H14ClF3O3S/c1-8(2)7-23-14(15(17,18)19)11(13(20)21)6-9-5-10(16)3-4-12(9)22-14/h3-6,8H,7H2,1-2H3,(H,20,21). The van der Waals surface area contributed by atoms with E-state index >= 15 is 0 Å². The van der Waals surface area contributed by atoms with Gasteiger partial charge in [-0.3, -0.25) is 0 Å². The maximum absolute atomic E-state index is 13.8. The topological polar surface area (TPSA) is 46.5 Å². The van der Waals surface area contributed by atoms with Crippen molar-refractivity contribution in [3.8, 4) is 5.75 Å². The predicted octanol–water partition coefficient (Wildman–Crippen LogP) is 4.85. The Labute approximate surface area is 140 Å². The SMILES string of the molecule is CC(C)CSC1(C(F)(F)F)Oc2ccc(Cl)cc2C=C1C(=O)O. The Bertz CT molecular complexity index is 658. The van der Waals surface area contributed by atoms with Crippen LogP contribution in [-0.2, 0) is 4.79 Å². The van der Waals surface area contributed by atoms with Gasteiger partial charge in [0.1, 0.15) is 11.3 Å². The van der Waals surface area contributed by atoms with Crippen molar-refractivity contribution in [3.05, 3.63) is 34.4 Å². The van der Waals surface area contributed by atoms with Gasteiger partial charge in [-0.1, -0.05) is 25.4 Å². The normalized spacial score (nSPS) is 20.7. The Morgan fingerprint density at radius 1 is 1.43 bits per heavy atom. The number of thioether (sulfide) groups is 1. The van der Waals surface area contributed by atoms with Crippen LogP contribution in [0, 0.1) is 5.92 Å². The summed E-state index contributed by atoms with van der Waals surface area (Å²) < 4.78 is 46.5. The molecule has 0 aliphatic carbocycles. The molecule has 0 fully saturated rings. The van der Waals surface area contributed by atoms with Gasteiger partial charge in [-0.25, -0.2) is 4.79 Å². The van der Waals surface area contributed by atoms with E-state index < -0.39 is 22.7 Å². The number of hydrogen-bond donors (Lipinski definition) is 1. The highest BCUT2D eigenvalue weighted by Crippen LogP contribution is 2.52. The summed E-state index contributed by atoms with van der Waals surface area (Å²) >= 11 is 6.24. The van der Waals surface area contributed by atoms with Gasteiger partial charge in [0.25, 0.3) is 4.93 Å². The molecule has 0 bridgehead atoms. The number of rotatable bonds is 4. The van der Waals surface area contributed by atoms with Gasteiger partial charge < -0.3 is 9.84 Å². The van der Waals surface area contributed by atoms with E-state index in [1.165, 1.54) is 18.2 Å². The molecule has 1 aliphatic heterocycles. The molecule has 0 saturated carbocycles. The van der Waals surface area contributed by atoms with Crippen molar-refractivity contribution >= 4 is 35.4 Å². The van der Waals surface area contributed by atoms with Crippen LogP contribution >= 0.6 is 23.4 Å². The second-order valence-corrected chi connectivity index (χ2v) is 7.10. The second kappa shape index (κ2) is 6.28. The van der Waals surface area contributed by atoms with E-state index in [0.29, 0.717) is 11.8 Å². The maximum Gasteiger partial charge on any atom is 0.443 e. The molecule has 1 N–H and O–H groups in total. The van der Waals surface area contributed by atoms with Crippen LogP contribution in [0.3, 0.4) is 0 Å². The van der Waals surface area contributed by atoms with Crippen molar-refractivity contribution in [2.24, 2.45) is 5.92 Å². The van der Waals surface area contributed by atoms with Gasteiger partial charge in [0.05, 0.1) is 0 Å². The van der Waals surface area contributed by atoms with Crippen molar-refractivity contribution < 1.29 is 27.8 Å². The Morgan fingerprint density at radius 2 is 2.09 bits per heavy atom. The average molecular weight is 367 g/mol. The van der Waals surface area contributed by atoms with Crippen LogP contribution in [0.1, 0.15) is 19.4 Å². The monoisotopic (exact) mass is 366 g/mol. The van der Waals surface area contributed by atoms with Crippen LogP contribution in [0.15, 0.2) is 23.8 Å². The highest BCUT2D eigenvalue weighted by molar-refractivity contribution is 8.00. The lowest BCUT2D eigenvalue weighted by atomic mass is 10.0. The first-order valence-corrected chi connectivity index (χ1v) is 8.08. The zero-order chi connectivity index (χ0) is 17.4. The summed E-state index contributed by atoms with van der Waals surface area (Å²) in [5.74, 6) is -1.70. The van der Waals surface area contributed by atoms with Gasteiger partial charge in [-0.05, 0) is 30.2 Å². The molecule has 0 radical (unpaired) electrons. The average Bonchev–Trinajstić information content (AvgIpc) is 2.42. The second-order valence-electron chi connectivity index (χ2n) is 5.47. The van der Waals surface area contributed by atoms with Crippen molar-refractivity contribution in [1.29, 1.82) is 0 Å². The van der Waals surface area contributed by atoms with Gasteiger partial charge in [0.2, 0.25) is 0 Å². The molecule has 1 unspecified atom stereocenters. The van der Waals surface area contributed by atoms with E-state index in [1.54, 1.807) is 13.8 Å². The first kappa shape index (κ1) is 18.0. The highest BCUT2D eigenvalue weighted by atomic mass is 35.5. The number of carbonyl (C=O) groups is 1. The van der Waals surface area contributed by atoms with Crippen LogP contribution < -0.4 is 4.74 Å². The number of carboxylic acids is 1. The highest BCUT2D eigenvalue weighted by Gasteiger charge is 2.63. The third-order valence-corrected chi connectivity index (χ3v) is 5.11. The number of ether oxygens (including phenoxy) is 1. The van der Waals surface area contributed by atoms with E-state index in [4.69, 9.17) is 16.3 Å². The van der Waals surface area contributed by atoms with Gasteiger partial charge in [-0.15, -0.1) is 11.8 Å². The molecule has 1 aromatic rings. The smallest absolute Gasteiger partial charge is 0.443 e. The number of carboxylic acid groups (broad SMARTS) is 1. The Kier molecular flexibility index (Phi) is 4.92. The third kappa shape index (κ3) is 3.45. The lowest BCUT2D eigenvalue weighted by Crippen LogP contribution is -2.52. The molecule has 1 aliphatic rings. The Balaban J connectivity index is 2.61. The quantitative estimate of drug-likeness (QED) is 0.827. The number of hydrogen-bond acceptors (Lipinski definition) is 3. The molecule has 3 nitrogen and oxygen atoms in total. The number of alkyl halides is 3. The van der Waals surface area contributed by atoms with E-state index in [-0.39, 0.29) is 28.0 Å². The number of benzene rings is 1. The molecule has 1 heterocycles. The van der Waals surface area contributed by atoms with Crippen molar-refractivity contribution in [2.75, 3.05) is 5.75 Å². The Hall–Kier alpha value is -1.34. The maximum atomic E-state index is 13.8. The van der Waals surface area contributed by atoms with Crippen LogP contribution in [0.25, 0.3) is 6.08 Å². The molecule has 8 heteroatoms. The summed E-state index contributed by atoms with van der Waals surface area (Å²) in [5, 5.41) is 9.58. The molecule has 23 heavy (non-hydrogen) atoms. The van der Waals surface area contributed by atoms with Gasteiger partial charge in [0.15, 0.2) is 0 Å². The number of fused-ring (bicyclic) bond motifs is 1. The van der Waals surface area contributed by atoms with Crippen LogP contribution in [0.5, 0.6) is 5.75 Å². The summed E-state index contributed by atoms with van der Waals surface area (Å²) in [5.41, 5.74) is -0.648. The zero-order valence-corrected chi connectivity index (χ0v) is 13.9. The minimum atomic E-state index is -4.89. The summed E-state index contributed by atoms with van der Waals surface area (Å²) in [6, 6.07) is 4.07. The lowest BCUT2D eigenvalue weighted by Gasteiger charge is -2.39. The molecular formula is C15H14ClF3O3S. The molecule has 0 spiro atoms. The zero-order valence-electron chi connectivity index (χ0n) is 12.3. The minimum Gasteiger partial charge on any atom is -0.478 e. The molecule has 0 aromatic heterocycles. The van der Waals surface area contributed by atoms with E-state index in [1.807, 2.05) is 0 Å². The molecule has 1 atom stereocenters. The first-order chi connectivity index (χ1) is 10.6. The van der Waals surface area contributed by atoms with E-state index in [2.05, 4.69) is 0 Å². The van der Waals surface area contributed by atoms with E-state index in [0.717, 1.165) is 6.08 Å². The third-order valence-electron chi connectivity index (χ3n) is 3.10. The fourth-order valence-corrected chi connectivity index (χ4v) is 3.43. The first-order valence-electron chi connectivity index (χ1n) is 6.71. The van der Waals surface area contributed by atoms with Crippen LogP contribution in [0.4, 0.5) is 13.2 Å². The summed E-state index contributed by atoms with van der Waals surface area (Å²) in [4.78, 5) is 8.52. The summed E-state index contributed by atoms with van der Waals surface area (Å²) in [6.07, 6.45) is -3.91. The largest absolute Gasteiger partial charge is 0.478 e.